The van der Waals surface area contributed by atoms with Gasteiger partial charge in [0.15, 0.2) is 5.16 Å². The van der Waals surface area contributed by atoms with Crippen LogP contribution in [0.15, 0.2) is 44.7 Å². The summed E-state index contributed by atoms with van der Waals surface area (Å²) >= 11 is 8.06. The van der Waals surface area contributed by atoms with E-state index in [1.807, 2.05) is 6.07 Å². The second kappa shape index (κ2) is 7.77. The zero-order valence-corrected chi connectivity index (χ0v) is 15.0. The molecule has 1 amide bonds. The number of halogens is 2. The van der Waals surface area contributed by atoms with Gasteiger partial charge in [-0.05, 0) is 44.0 Å². The van der Waals surface area contributed by atoms with Gasteiger partial charge in [0.05, 0.1) is 23.0 Å². The monoisotopic (exact) mass is 431 g/mol. The predicted octanol–water partition coefficient (Wildman–Crippen LogP) is 3.74. The van der Waals surface area contributed by atoms with E-state index in [0.717, 1.165) is 8.95 Å². The van der Waals surface area contributed by atoms with Crippen LogP contribution in [0.1, 0.15) is 0 Å². The van der Waals surface area contributed by atoms with E-state index in [1.54, 1.807) is 31.6 Å². The van der Waals surface area contributed by atoms with Crippen LogP contribution in [0, 0.1) is 0 Å². The summed E-state index contributed by atoms with van der Waals surface area (Å²) in [6.45, 7) is 0. The van der Waals surface area contributed by atoms with Gasteiger partial charge >= 0.3 is 0 Å². The van der Waals surface area contributed by atoms with Gasteiger partial charge in [-0.2, -0.15) is 0 Å². The van der Waals surface area contributed by atoms with Crippen LogP contribution in [0.2, 0.25) is 0 Å². The molecule has 1 heterocycles. The van der Waals surface area contributed by atoms with Crippen molar-refractivity contribution in [3.63, 3.8) is 0 Å². The Morgan fingerprint density at radius 2 is 2.00 bits per heavy atom. The molecular formula is C13H11Br2N3O2S. The first-order valence-electron chi connectivity index (χ1n) is 5.83. The van der Waals surface area contributed by atoms with E-state index >= 15 is 0 Å². The highest BCUT2D eigenvalue weighted by Gasteiger charge is 2.11. The van der Waals surface area contributed by atoms with Crippen LogP contribution >= 0.6 is 43.6 Å². The van der Waals surface area contributed by atoms with Crippen LogP contribution in [0.25, 0.3) is 0 Å². The lowest BCUT2D eigenvalue weighted by Gasteiger charge is -2.10. The Hall–Kier alpha value is -1.12. The van der Waals surface area contributed by atoms with Gasteiger partial charge < -0.3 is 10.1 Å². The van der Waals surface area contributed by atoms with Crippen molar-refractivity contribution in [2.24, 2.45) is 0 Å². The normalized spacial score (nSPS) is 10.2. The van der Waals surface area contributed by atoms with Crippen molar-refractivity contribution in [1.82, 2.24) is 9.97 Å². The first-order valence-corrected chi connectivity index (χ1v) is 8.40. The number of aromatic nitrogens is 2. The lowest BCUT2D eigenvalue weighted by Crippen LogP contribution is -2.14. The van der Waals surface area contributed by atoms with Crippen LogP contribution in [-0.2, 0) is 4.79 Å². The van der Waals surface area contributed by atoms with Gasteiger partial charge in [0.2, 0.25) is 5.91 Å². The summed E-state index contributed by atoms with van der Waals surface area (Å²) < 4.78 is 6.78. The summed E-state index contributed by atoms with van der Waals surface area (Å²) in [6.07, 6.45) is 3.28. The minimum Gasteiger partial charge on any atom is -0.495 e. The molecule has 8 heteroatoms. The highest BCUT2D eigenvalue weighted by molar-refractivity contribution is 9.11. The van der Waals surface area contributed by atoms with Crippen molar-refractivity contribution in [2.45, 2.75) is 5.16 Å². The number of nitrogens with zero attached hydrogens (tertiary/aromatic N) is 2. The zero-order valence-electron chi connectivity index (χ0n) is 11.0. The van der Waals surface area contributed by atoms with Crippen molar-refractivity contribution < 1.29 is 9.53 Å². The van der Waals surface area contributed by atoms with Gasteiger partial charge in [0.1, 0.15) is 5.75 Å². The first kappa shape index (κ1) is 16.3. The van der Waals surface area contributed by atoms with Crippen LogP contribution in [0.5, 0.6) is 5.75 Å². The number of amides is 1. The minimum absolute atomic E-state index is 0.141. The molecule has 0 saturated heterocycles. The molecule has 0 aliphatic carbocycles. The predicted molar refractivity (Wildman–Crippen MR) is 89.8 cm³/mol. The molecule has 2 aromatic rings. The number of rotatable bonds is 5. The number of ether oxygens (including phenoxy) is 1. The molecule has 0 unspecified atom stereocenters. The Bertz CT molecular complexity index is 641. The average molecular weight is 433 g/mol. The second-order valence-electron chi connectivity index (χ2n) is 3.83. The molecule has 0 fully saturated rings. The highest BCUT2D eigenvalue weighted by Crippen LogP contribution is 2.34. The minimum atomic E-state index is -0.141. The highest BCUT2D eigenvalue weighted by atomic mass is 79.9. The van der Waals surface area contributed by atoms with Gasteiger partial charge in [-0.25, -0.2) is 9.97 Å². The van der Waals surface area contributed by atoms with E-state index in [-0.39, 0.29) is 11.7 Å². The number of carbonyl (C=O) groups excluding carboxylic acids is 1. The molecule has 0 spiro atoms. The fourth-order valence-electron chi connectivity index (χ4n) is 1.46. The van der Waals surface area contributed by atoms with Crippen molar-refractivity contribution in [1.29, 1.82) is 0 Å². The number of benzene rings is 1. The molecule has 1 aromatic heterocycles. The van der Waals surface area contributed by atoms with Gasteiger partial charge in [0.25, 0.3) is 0 Å². The summed E-state index contributed by atoms with van der Waals surface area (Å²) in [5.74, 6) is 0.736. The van der Waals surface area contributed by atoms with Crippen molar-refractivity contribution in [2.75, 3.05) is 18.2 Å². The number of thioether (sulfide) groups is 1. The molecule has 1 N–H and O–H groups in total. The van der Waals surface area contributed by atoms with Gasteiger partial charge in [0, 0.05) is 22.9 Å². The van der Waals surface area contributed by atoms with E-state index in [9.17, 15) is 4.79 Å². The molecular weight excluding hydrogens is 422 g/mol. The number of nitrogens with one attached hydrogen (secondary N) is 1. The summed E-state index contributed by atoms with van der Waals surface area (Å²) in [6, 6.07) is 5.30. The van der Waals surface area contributed by atoms with Gasteiger partial charge in [-0.3, -0.25) is 4.79 Å². The Balaban J connectivity index is 1.99. The van der Waals surface area contributed by atoms with Crippen molar-refractivity contribution in [3.05, 3.63) is 39.5 Å². The third-order valence-corrected chi connectivity index (χ3v) is 4.54. The quantitative estimate of drug-likeness (QED) is 0.575. The Labute approximate surface area is 143 Å². The number of anilines is 1. The van der Waals surface area contributed by atoms with E-state index in [4.69, 9.17) is 4.74 Å². The Kier molecular flexibility index (Phi) is 6.01. The van der Waals surface area contributed by atoms with Crippen LogP contribution < -0.4 is 10.1 Å². The number of methoxy groups -OCH3 is 1. The number of hydrogen-bond donors (Lipinski definition) is 1. The molecule has 0 radical (unpaired) electrons. The lowest BCUT2D eigenvalue weighted by molar-refractivity contribution is -0.113. The molecule has 0 aliphatic rings. The first-order chi connectivity index (χ1) is 10.1. The fraction of sp³-hybridized carbons (Fsp3) is 0.154. The molecule has 0 saturated carbocycles. The Morgan fingerprint density at radius 3 is 2.67 bits per heavy atom. The van der Waals surface area contributed by atoms with E-state index < -0.39 is 0 Å². The molecule has 0 aliphatic heterocycles. The number of carbonyl (C=O) groups is 1. The molecule has 21 heavy (non-hydrogen) atoms. The SMILES string of the molecule is COc1cc(NC(=O)CSc2ncccn2)c(Br)cc1Br. The van der Waals surface area contributed by atoms with E-state index in [1.165, 1.54) is 11.8 Å². The van der Waals surface area contributed by atoms with Gasteiger partial charge in [-0.15, -0.1) is 0 Å². The maximum atomic E-state index is 12.0. The Morgan fingerprint density at radius 1 is 1.29 bits per heavy atom. The van der Waals surface area contributed by atoms with E-state index in [2.05, 4.69) is 47.1 Å². The van der Waals surface area contributed by atoms with Gasteiger partial charge in [-0.1, -0.05) is 11.8 Å². The maximum Gasteiger partial charge on any atom is 0.234 e. The maximum absolute atomic E-state index is 12.0. The largest absolute Gasteiger partial charge is 0.495 e. The smallest absolute Gasteiger partial charge is 0.234 e. The fourth-order valence-corrected chi connectivity index (χ4v) is 3.32. The summed E-state index contributed by atoms with van der Waals surface area (Å²) in [4.78, 5) is 20.1. The number of hydrogen-bond acceptors (Lipinski definition) is 5. The van der Waals surface area contributed by atoms with Crippen LogP contribution in [-0.4, -0.2) is 28.7 Å². The lowest BCUT2D eigenvalue weighted by atomic mass is 10.3. The summed E-state index contributed by atoms with van der Waals surface area (Å²) in [5.41, 5.74) is 0.648. The topological polar surface area (TPSA) is 64.1 Å². The van der Waals surface area contributed by atoms with E-state index in [0.29, 0.717) is 16.6 Å². The standard InChI is InChI=1S/C13H11Br2N3O2S/c1-20-11-6-10(8(14)5-9(11)15)18-12(19)7-21-13-16-3-2-4-17-13/h2-6H,7H2,1H3,(H,18,19). The van der Waals surface area contributed by atoms with Crippen LogP contribution in [0.3, 0.4) is 0 Å². The summed E-state index contributed by atoms with van der Waals surface area (Å²) in [7, 11) is 1.57. The summed E-state index contributed by atoms with van der Waals surface area (Å²) in [5, 5.41) is 3.39. The molecule has 5 nitrogen and oxygen atoms in total. The zero-order chi connectivity index (χ0) is 15.2. The van der Waals surface area contributed by atoms with Crippen molar-refractivity contribution >= 4 is 55.2 Å². The average Bonchev–Trinajstić information content (AvgIpc) is 2.49. The third-order valence-electron chi connectivity index (χ3n) is 2.39. The molecule has 110 valence electrons. The second-order valence-corrected chi connectivity index (χ2v) is 6.49. The molecule has 0 atom stereocenters. The van der Waals surface area contributed by atoms with Crippen LogP contribution in [0.4, 0.5) is 5.69 Å². The molecule has 1 aromatic carbocycles. The molecule has 2 rings (SSSR count). The van der Waals surface area contributed by atoms with Crippen molar-refractivity contribution in [3.8, 4) is 5.75 Å². The third kappa shape index (κ3) is 4.69. The molecule has 0 bridgehead atoms.